The molecule has 0 unspecified atom stereocenters. The molecule has 3 aromatic rings. The Morgan fingerprint density at radius 1 is 1.22 bits per heavy atom. The number of nitrogens with zero attached hydrogens (tertiary/aromatic N) is 2. The smallest absolute Gasteiger partial charge is 0.260 e. The zero-order valence-electron chi connectivity index (χ0n) is 12.5. The third-order valence-electron chi connectivity index (χ3n) is 3.32. The number of hydrogen-bond donors (Lipinski definition) is 0. The van der Waals surface area contributed by atoms with E-state index in [0.717, 1.165) is 15.2 Å². The molecule has 1 heterocycles. The molecule has 3 rings (SSSR count). The van der Waals surface area contributed by atoms with Crippen LogP contribution in [0, 0.1) is 0 Å². The van der Waals surface area contributed by atoms with E-state index in [1.807, 2.05) is 36.4 Å². The standard InChI is InChI=1S/C17H15ClN2O2S/c1-20(10-16-19-13-7-3-5-9-15(13)23-16)17(21)11-22-14-8-4-2-6-12(14)18/h2-9H,10-11H2,1H3. The van der Waals surface area contributed by atoms with Crippen LogP contribution in [0.15, 0.2) is 48.5 Å². The van der Waals surface area contributed by atoms with Gasteiger partial charge in [-0.25, -0.2) is 4.98 Å². The molecule has 0 aliphatic carbocycles. The summed E-state index contributed by atoms with van der Waals surface area (Å²) in [4.78, 5) is 18.3. The number of fused-ring (bicyclic) bond motifs is 1. The van der Waals surface area contributed by atoms with Crippen LogP contribution in [0.3, 0.4) is 0 Å². The molecular formula is C17H15ClN2O2S. The lowest BCUT2D eigenvalue weighted by Gasteiger charge is -2.16. The first-order valence-electron chi connectivity index (χ1n) is 7.09. The molecule has 4 nitrogen and oxygen atoms in total. The van der Waals surface area contributed by atoms with E-state index in [1.54, 1.807) is 35.4 Å². The van der Waals surface area contributed by atoms with E-state index in [-0.39, 0.29) is 12.5 Å². The second kappa shape index (κ2) is 6.98. The molecule has 0 N–H and O–H groups in total. The van der Waals surface area contributed by atoms with Gasteiger partial charge in [0, 0.05) is 7.05 Å². The number of hydrogen-bond acceptors (Lipinski definition) is 4. The summed E-state index contributed by atoms with van der Waals surface area (Å²) in [6.07, 6.45) is 0. The van der Waals surface area contributed by atoms with Crippen LogP contribution < -0.4 is 4.74 Å². The molecule has 0 spiro atoms. The lowest BCUT2D eigenvalue weighted by atomic mass is 10.3. The number of aromatic nitrogens is 1. The Balaban J connectivity index is 1.60. The number of ether oxygens (including phenoxy) is 1. The number of halogens is 1. The molecule has 118 valence electrons. The number of thiazole rings is 1. The quantitative estimate of drug-likeness (QED) is 0.701. The zero-order chi connectivity index (χ0) is 16.2. The lowest BCUT2D eigenvalue weighted by molar-refractivity contribution is -0.132. The molecule has 0 saturated carbocycles. The lowest BCUT2D eigenvalue weighted by Crippen LogP contribution is -2.30. The highest BCUT2D eigenvalue weighted by Crippen LogP contribution is 2.24. The minimum atomic E-state index is -0.121. The summed E-state index contributed by atoms with van der Waals surface area (Å²) in [7, 11) is 1.74. The molecule has 0 radical (unpaired) electrons. The summed E-state index contributed by atoms with van der Waals surface area (Å²) in [5, 5.41) is 1.40. The largest absolute Gasteiger partial charge is 0.482 e. The van der Waals surface area contributed by atoms with Crippen molar-refractivity contribution in [2.75, 3.05) is 13.7 Å². The van der Waals surface area contributed by atoms with Crippen molar-refractivity contribution in [2.45, 2.75) is 6.54 Å². The Hall–Kier alpha value is -2.11. The van der Waals surface area contributed by atoms with Crippen molar-refractivity contribution in [3.63, 3.8) is 0 Å². The highest BCUT2D eigenvalue weighted by atomic mass is 35.5. The Kier molecular flexibility index (Phi) is 4.79. The van der Waals surface area contributed by atoms with Crippen LogP contribution >= 0.6 is 22.9 Å². The Morgan fingerprint density at radius 3 is 2.74 bits per heavy atom. The predicted octanol–water partition coefficient (Wildman–Crippen LogP) is 3.99. The van der Waals surface area contributed by atoms with Gasteiger partial charge in [-0.3, -0.25) is 4.79 Å². The summed E-state index contributed by atoms with van der Waals surface area (Å²) < 4.78 is 6.60. The molecule has 23 heavy (non-hydrogen) atoms. The van der Waals surface area contributed by atoms with Gasteiger partial charge < -0.3 is 9.64 Å². The number of likely N-dealkylation sites (N-methyl/N-ethyl adjacent to an activating group) is 1. The van der Waals surface area contributed by atoms with Gasteiger partial charge >= 0.3 is 0 Å². The molecule has 1 aromatic heterocycles. The predicted molar refractivity (Wildman–Crippen MR) is 93.0 cm³/mol. The summed E-state index contributed by atoms with van der Waals surface area (Å²) >= 11 is 7.60. The average molecular weight is 347 g/mol. The SMILES string of the molecule is CN(Cc1nc2ccccc2s1)C(=O)COc1ccccc1Cl. The maximum atomic E-state index is 12.2. The van der Waals surface area contributed by atoms with Gasteiger partial charge in [-0.1, -0.05) is 35.9 Å². The topological polar surface area (TPSA) is 42.4 Å². The maximum absolute atomic E-state index is 12.2. The van der Waals surface area contributed by atoms with Gasteiger partial charge in [0.2, 0.25) is 0 Å². The fourth-order valence-corrected chi connectivity index (χ4v) is 3.30. The Morgan fingerprint density at radius 2 is 1.96 bits per heavy atom. The molecule has 0 atom stereocenters. The van der Waals surface area contributed by atoms with Gasteiger partial charge in [0.1, 0.15) is 10.8 Å². The van der Waals surface area contributed by atoms with Crippen molar-refractivity contribution in [2.24, 2.45) is 0 Å². The third-order valence-corrected chi connectivity index (χ3v) is 4.66. The number of benzene rings is 2. The van der Waals surface area contributed by atoms with E-state index in [2.05, 4.69) is 4.98 Å². The Labute approximate surface area is 143 Å². The van der Waals surface area contributed by atoms with Crippen LogP contribution in [0.5, 0.6) is 5.75 Å². The molecule has 0 bridgehead atoms. The van der Waals surface area contributed by atoms with Gasteiger partial charge in [-0.05, 0) is 24.3 Å². The van der Waals surface area contributed by atoms with Crippen molar-refractivity contribution >= 4 is 39.1 Å². The zero-order valence-corrected chi connectivity index (χ0v) is 14.1. The molecule has 0 saturated heterocycles. The van der Waals surface area contributed by atoms with Gasteiger partial charge in [0.25, 0.3) is 5.91 Å². The van der Waals surface area contributed by atoms with Crippen molar-refractivity contribution in [1.29, 1.82) is 0 Å². The summed E-state index contributed by atoms with van der Waals surface area (Å²) in [5.74, 6) is 0.389. The first kappa shape index (κ1) is 15.8. The van der Waals surface area contributed by atoms with Crippen molar-refractivity contribution in [3.8, 4) is 5.75 Å². The van der Waals surface area contributed by atoms with Gasteiger partial charge in [0.05, 0.1) is 21.8 Å². The van der Waals surface area contributed by atoms with Gasteiger partial charge in [-0.15, -0.1) is 11.3 Å². The first-order valence-corrected chi connectivity index (χ1v) is 8.28. The maximum Gasteiger partial charge on any atom is 0.260 e. The second-order valence-electron chi connectivity index (χ2n) is 5.04. The van der Waals surface area contributed by atoms with Crippen molar-refractivity contribution in [1.82, 2.24) is 9.88 Å². The second-order valence-corrected chi connectivity index (χ2v) is 6.57. The monoisotopic (exact) mass is 346 g/mol. The summed E-state index contributed by atoms with van der Waals surface area (Å²) in [6, 6.07) is 15.0. The van der Waals surface area contributed by atoms with E-state index in [4.69, 9.17) is 16.3 Å². The highest BCUT2D eigenvalue weighted by molar-refractivity contribution is 7.18. The molecule has 0 aliphatic rings. The van der Waals surface area contributed by atoms with Crippen LogP contribution in [-0.4, -0.2) is 29.4 Å². The molecule has 0 fully saturated rings. The van der Waals surface area contributed by atoms with Gasteiger partial charge in [0.15, 0.2) is 6.61 Å². The van der Waals surface area contributed by atoms with Crippen LogP contribution in [0.2, 0.25) is 5.02 Å². The van der Waals surface area contributed by atoms with Crippen LogP contribution in [-0.2, 0) is 11.3 Å². The van der Waals surface area contributed by atoms with Crippen molar-refractivity contribution < 1.29 is 9.53 Å². The van der Waals surface area contributed by atoms with E-state index < -0.39 is 0 Å². The molecule has 6 heteroatoms. The van der Waals surface area contributed by atoms with Crippen LogP contribution in [0.25, 0.3) is 10.2 Å². The molecular weight excluding hydrogens is 332 g/mol. The molecule has 1 amide bonds. The normalized spacial score (nSPS) is 10.7. The third kappa shape index (κ3) is 3.81. The number of rotatable bonds is 5. The number of carbonyl (C=O) groups is 1. The number of carbonyl (C=O) groups excluding carboxylic acids is 1. The van der Waals surface area contributed by atoms with E-state index in [1.165, 1.54) is 0 Å². The van der Waals surface area contributed by atoms with Gasteiger partial charge in [-0.2, -0.15) is 0 Å². The molecule has 2 aromatic carbocycles. The van der Waals surface area contributed by atoms with E-state index >= 15 is 0 Å². The van der Waals surface area contributed by atoms with E-state index in [9.17, 15) is 4.79 Å². The Bertz CT molecular complexity index is 801. The van der Waals surface area contributed by atoms with Crippen LogP contribution in [0.1, 0.15) is 5.01 Å². The number of amides is 1. The fourth-order valence-electron chi connectivity index (χ4n) is 2.09. The molecule has 0 aliphatic heterocycles. The van der Waals surface area contributed by atoms with E-state index in [0.29, 0.717) is 17.3 Å². The fraction of sp³-hybridized carbons (Fsp3) is 0.176. The highest BCUT2D eigenvalue weighted by Gasteiger charge is 2.13. The average Bonchev–Trinajstić information content (AvgIpc) is 2.96. The first-order chi connectivity index (χ1) is 11.1. The minimum absolute atomic E-state index is 0.0505. The van der Waals surface area contributed by atoms with Crippen LogP contribution in [0.4, 0.5) is 0 Å². The number of para-hydroxylation sites is 2. The summed E-state index contributed by atoms with van der Waals surface area (Å²) in [6.45, 7) is 0.412. The van der Waals surface area contributed by atoms with Crippen molar-refractivity contribution in [3.05, 3.63) is 58.6 Å². The minimum Gasteiger partial charge on any atom is -0.482 e. The summed E-state index contributed by atoms with van der Waals surface area (Å²) in [5.41, 5.74) is 0.959.